The molecule has 0 bridgehead atoms. The Hall–Kier alpha value is -6.44. The van der Waals surface area contributed by atoms with Crippen LogP contribution in [-0.4, -0.2) is 0 Å². The van der Waals surface area contributed by atoms with E-state index in [2.05, 4.69) is 195 Å². The maximum Gasteiger partial charge on any atom is 0.0493 e. The average Bonchev–Trinajstić information content (AvgIpc) is 3.18. The number of benzene rings is 10. The maximum atomic E-state index is 2.41. The predicted octanol–water partition coefficient (Wildman–Crippen LogP) is 14.3. The fraction of sp³-hybridized carbons (Fsp3) is 0.0400. The van der Waals surface area contributed by atoms with Crippen LogP contribution in [0.5, 0.6) is 0 Å². The minimum absolute atomic E-state index is 1.15. The van der Waals surface area contributed by atoms with Crippen molar-refractivity contribution in [1.29, 1.82) is 0 Å². The van der Waals surface area contributed by atoms with E-state index in [1.807, 2.05) is 0 Å². The molecule has 0 aliphatic rings. The molecule has 0 amide bonds. The number of fused-ring (bicyclic) bond motifs is 2. The lowest BCUT2D eigenvalue weighted by atomic mass is 9.82. The average molecular weight is 650 g/mol. The molecule has 0 heterocycles. The second kappa shape index (κ2) is 11.6. The Labute approximate surface area is 298 Å². The minimum Gasteiger partial charge on any atom is -0.310 e. The van der Waals surface area contributed by atoms with Crippen LogP contribution in [0.25, 0.3) is 76.1 Å². The summed E-state index contributed by atoms with van der Waals surface area (Å²) >= 11 is 0. The van der Waals surface area contributed by atoms with Crippen molar-refractivity contribution in [3.63, 3.8) is 0 Å². The van der Waals surface area contributed by atoms with E-state index in [9.17, 15) is 0 Å². The number of anilines is 3. The lowest BCUT2D eigenvalue weighted by molar-refractivity contribution is 1.24. The van der Waals surface area contributed by atoms with Crippen LogP contribution in [0, 0.1) is 13.8 Å². The van der Waals surface area contributed by atoms with Gasteiger partial charge in [0, 0.05) is 17.1 Å². The number of nitrogens with zero attached hydrogens (tertiary/aromatic N) is 1. The van der Waals surface area contributed by atoms with Crippen molar-refractivity contribution in [2.24, 2.45) is 0 Å². The van der Waals surface area contributed by atoms with Gasteiger partial charge in [-0.2, -0.15) is 0 Å². The lowest BCUT2D eigenvalue weighted by Crippen LogP contribution is -2.11. The van der Waals surface area contributed by atoms with Gasteiger partial charge < -0.3 is 4.90 Å². The Kier molecular flexibility index (Phi) is 6.69. The first kappa shape index (κ1) is 29.5. The Morgan fingerprint density at radius 2 is 0.804 bits per heavy atom. The van der Waals surface area contributed by atoms with Crippen molar-refractivity contribution in [1.82, 2.24) is 0 Å². The van der Waals surface area contributed by atoms with Gasteiger partial charge in [-0.25, -0.2) is 0 Å². The summed E-state index contributed by atoms with van der Waals surface area (Å²) < 4.78 is 0. The van der Waals surface area contributed by atoms with E-state index in [0.717, 1.165) is 11.4 Å². The fourth-order valence-corrected chi connectivity index (χ4v) is 8.55. The molecule has 10 rings (SSSR count). The van der Waals surface area contributed by atoms with Crippen LogP contribution in [0.15, 0.2) is 176 Å². The molecule has 0 saturated heterocycles. The zero-order chi connectivity index (χ0) is 34.1. The van der Waals surface area contributed by atoms with Crippen molar-refractivity contribution in [3.8, 4) is 22.3 Å². The molecule has 0 N–H and O–H groups in total. The monoisotopic (exact) mass is 649 g/mol. The number of para-hydroxylation sites is 2. The van der Waals surface area contributed by atoms with Gasteiger partial charge >= 0.3 is 0 Å². The summed E-state index contributed by atoms with van der Waals surface area (Å²) in [5.74, 6) is 0. The number of hydrogen-bond donors (Lipinski definition) is 0. The third kappa shape index (κ3) is 4.55. The zero-order valence-electron chi connectivity index (χ0n) is 28.7. The third-order valence-electron chi connectivity index (χ3n) is 10.8. The van der Waals surface area contributed by atoms with Gasteiger partial charge in [0.15, 0.2) is 0 Å². The van der Waals surface area contributed by atoms with Crippen molar-refractivity contribution in [3.05, 3.63) is 187 Å². The van der Waals surface area contributed by atoms with E-state index in [0.29, 0.717) is 0 Å². The molecule has 51 heavy (non-hydrogen) atoms. The van der Waals surface area contributed by atoms with Gasteiger partial charge in [-0.05, 0) is 137 Å². The quantitative estimate of drug-likeness (QED) is 0.132. The molecule has 0 saturated carbocycles. The Morgan fingerprint density at radius 3 is 1.37 bits per heavy atom. The summed E-state index contributed by atoms with van der Waals surface area (Å²) in [6.45, 7) is 4.52. The van der Waals surface area contributed by atoms with Crippen LogP contribution < -0.4 is 4.90 Å². The van der Waals surface area contributed by atoms with Crippen LogP contribution in [-0.2, 0) is 0 Å². The molecule has 0 spiro atoms. The van der Waals surface area contributed by atoms with Gasteiger partial charge in [-0.1, -0.05) is 140 Å². The topological polar surface area (TPSA) is 3.24 Å². The van der Waals surface area contributed by atoms with Crippen LogP contribution in [0.1, 0.15) is 11.1 Å². The highest BCUT2D eigenvalue weighted by atomic mass is 15.1. The highest BCUT2D eigenvalue weighted by Gasteiger charge is 2.22. The lowest BCUT2D eigenvalue weighted by Gasteiger charge is -2.28. The summed E-state index contributed by atoms with van der Waals surface area (Å²) in [5, 5.41) is 13.0. The first-order valence-electron chi connectivity index (χ1n) is 17.8. The smallest absolute Gasteiger partial charge is 0.0493 e. The van der Waals surface area contributed by atoms with Gasteiger partial charge in [0.25, 0.3) is 0 Å². The first-order valence-corrected chi connectivity index (χ1v) is 17.8. The third-order valence-corrected chi connectivity index (χ3v) is 10.8. The van der Waals surface area contributed by atoms with E-state index < -0.39 is 0 Å². The van der Waals surface area contributed by atoms with Gasteiger partial charge in [0.2, 0.25) is 0 Å². The Morgan fingerprint density at radius 1 is 0.333 bits per heavy atom. The summed E-state index contributed by atoms with van der Waals surface area (Å²) in [5.41, 5.74) is 11.1. The molecule has 0 atom stereocenters. The number of aryl methyl sites for hydroxylation is 2. The molecule has 0 fully saturated rings. The highest BCUT2D eigenvalue weighted by Crippen LogP contribution is 2.49. The molecule has 0 unspecified atom stereocenters. The number of hydrogen-bond acceptors (Lipinski definition) is 1. The number of rotatable bonds is 5. The summed E-state index contributed by atoms with van der Waals surface area (Å²) in [4.78, 5) is 2.37. The Balaban J connectivity index is 1.24. The predicted molar refractivity (Wildman–Crippen MR) is 220 cm³/mol. The molecule has 240 valence electrons. The summed E-state index contributed by atoms with van der Waals surface area (Å²) in [6, 6.07) is 64.7. The van der Waals surface area contributed by atoms with Crippen LogP contribution in [0.2, 0.25) is 0 Å². The molecular weight excluding hydrogens is 615 g/mol. The van der Waals surface area contributed by atoms with Gasteiger partial charge in [0.05, 0.1) is 0 Å². The van der Waals surface area contributed by atoms with Crippen molar-refractivity contribution in [2.75, 3.05) is 4.90 Å². The standard InChI is InChI=1S/C50H35N/c1-32-31-46(51(37-16-5-3-6-17-37)38-18-7-4-8-19-38)33(2)30-45(32)50-41-22-11-9-20-39(41)49(40-21-10-12-23-42(40)50)44-29-27-36-25-24-34-14-13-15-35-26-28-43(44)48(36)47(34)35/h3-31H,1-2H3. The zero-order valence-corrected chi connectivity index (χ0v) is 28.7. The Bertz CT molecular complexity index is 2810. The largest absolute Gasteiger partial charge is 0.310 e. The summed E-state index contributed by atoms with van der Waals surface area (Å²) in [6.07, 6.45) is 0. The first-order chi connectivity index (χ1) is 25.2. The normalized spacial score (nSPS) is 11.7. The molecule has 0 radical (unpaired) electrons. The van der Waals surface area contributed by atoms with Gasteiger partial charge in [-0.15, -0.1) is 0 Å². The summed E-state index contributed by atoms with van der Waals surface area (Å²) in [7, 11) is 0. The second-order valence-corrected chi connectivity index (χ2v) is 13.8. The van der Waals surface area contributed by atoms with Gasteiger partial charge in [0.1, 0.15) is 0 Å². The van der Waals surface area contributed by atoms with Crippen molar-refractivity contribution < 1.29 is 0 Å². The molecule has 10 aromatic carbocycles. The van der Waals surface area contributed by atoms with Crippen LogP contribution in [0.3, 0.4) is 0 Å². The van der Waals surface area contributed by atoms with E-state index >= 15 is 0 Å². The molecular formula is C50H35N. The van der Waals surface area contributed by atoms with Gasteiger partial charge in [-0.3, -0.25) is 0 Å². The SMILES string of the molecule is Cc1cc(N(c2ccccc2)c2ccccc2)c(C)cc1-c1c2ccccc2c(-c2ccc3ccc4cccc5ccc2c3c45)c2ccccc12. The molecule has 0 aromatic heterocycles. The van der Waals surface area contributed by atoms with E-state index in [1.54, 1.807) is 0 Å². The fourth-order valence-electron chi connectivity index (χ4n) is 8.55. The van der Waals surface area contributed by atoms with Crippen molar-refractivity contribution in [2.45, 2.75) is 13.8 Å². The maximum absolute atomic E-state index is 2.41. The molecule has 10 aromatic rings. The minimum atomic E-state index is 1.15. The molecule has 1 heteroatoms. The van der Waals surface area contributed by atoms with E-state index in [1.165, 1.54) is 92.9 Å². The van der Waals surface area contributed by atoms with E-state index in [-0.39, 0.29) is 0 Å². The molecule has 0 aliphatic heterocycles. The second-order valence-electron chi connectivity index (χ2n) is 13.8. The van der Waals surface area contributed by atoms with Crippen molar-refractivity contribution >= 4 is 70.9 Å². The van der Waals surface area contributed by atoms with Crippen LogP contribution >= 0.6 is 0 Å². The molecule has 0 aliphatic carbocycles. The molecule has 1 nitrogen and oxygen atoms in total. The van der Waals surface area contributed by atoms with E-state index in [4.69, 9.17) is 0 Å². The van der Waals surface area contributed by atoms with Crippen LogP contribution in [0.4, 0.5) is 17.1 Å². The highest BCUT2D eigenvalue weighted by molar-refractivity contribution is 6.29.